The number of benzene rings is 1. The van der Waals surface area contributed by atoms with Gasteiger partial charge in [0.1, 0.15) is 12.1 Å². The number of nitrogens with two attached hydrogens (primary N) is 1. The Bertz CT molecular complexity index is 1610. The number of urea groups is 2. The standard InChI is InChI=1S/C28H29F3N10O2/c29-28(30,31)16-35-25(42)38-22-5-3-4-19(10-22)23-15-34-24-11-20(14-37-41(23)24)21(12-33)13-36-27(6-7-32)17-40(18-27)26(43)39-8-1-2-9-39/h3-5,10-15H,1-2,6,8-9,16-18,33H2,(H2,35,38,42). The van der Waals surface area contributed by atoms with E-state index in [1.807, 2.05) is 4.90 Å². The lowest BCUT2D eigenvalue weighted by molar-refractivity contribution is -0.122. The Kier molecular flexibility index (Phi) is 8.20. The Morgan fingerprint density at radius 3 is 2.63 bits per heavy atom. The minimum atomic E-state index is -4.52. The van der Waals surface area contributed by atoms with Gasteiger partial charge in [0, 0.05) is 47.9 Å². The zero-order chi connectivity index (χ0) is 30.6. The fourth-order valence-electron chi connectivity index (χ4n) is 5.06. The Morgan fingerprint density at radius 2 is 1.93 bits per heavy atom. The number of allylic oxidation sites excluding steroid dienone is 1. The maximum atomic E-state index is 12.7. The third-order valence-electron chi connectivity index (χ3n) is 7.24. The van der Waals surface area contributed by atoms with E-state index in [4.69, 9.17) is 5.73 Å². The number of halogens is 3. The van der Waals surface area contributed by atoms with Crippen LogP contribution in [0.4, 0.5) is 28.4 Å². The Morgan fingerprint density at radius 1 is 1.16 bits per heavy atom. The molecule has 0 radical (unpaired) electrons. The van der Waals surface area contributed by atoms with Crippen LogP contribution < -0.4 is 16.4 Å². The normalized spacial score (nSPS) is 16.7. The summed E-state index contributed by atoms with van der Waals surface area (Å²) in [6, 6.07) is 9.46. The van der Waals surface area contributed by atoms with Crippen molar-refractivity contribution in [3.8, 4) is 17.3 Å². The predicted octanol–water partition coefficient (Wildman–Crippen LogP) is 3.63. The summed E-state index contributed by atoms with van der Waals surface area (Å²) >= 11 is 0. The van der Waals surface area contributed by atoms with Gasteiger partial charge >= 0.3 is 18.2 Å². The number of nitrogens with one attached hydrogen (secondary N) is 2. The van der Waals surface area contributed by atoms with Gasteiger partial charge in [0.25, 0.3) is 0 Å². The molecular formula is C28H29F3N10O2. The molecule has 2 aliphatic rings. The molecule has 4 heterocycles. The second-order valence-corrected chi connectivity index (χ2v) is 10.4. The summed E-state index contributed by atoms with van der Waals surface area (Å²) in [6.07, 6.45) is 3.77. The lowest BCUT2D eigenvalue weighted by Crippen LogP contribution is -2.64. The van der Waals surface area contributed by atoms with Gasteiger partial charge in [-0.15, -0.1) is 0 Å². The third kappa shape index (κ3) is 6.69. The smallest absolute Gasteiger partial charge is 0.404 e. The largest absolute Gasteiger partial charge is 0.405 e. The summed E-state index contributed by atoms with van der Waals surface area (Å²) in [4.78, 5) is 37.2. The lowest BCUT2D eigenvalue weighted by Gasteiger charge is -2.47. The topological polar surface area (TPSA) is 157 Å². The fourth-order valence-corrected chi connectivity index (χ4v) is 5.06. The zero-order valence-corrected chi connectivity index (χ0v) is 23.0. The molecule has 2 fully saturated rings. The monoisotopic (exact) mass is 594 g/mol. The molecule has 0 unspecified atom stereocenters. The quantitative estimate of drug-likeness (QED) is 0.355. The number of aromatic nitrogens is 3. The number of hydrogen-bond donors (Lipinski definition) is 3. The average Bonchev–Trinajstić information content (AvgIpc) is 3.65. The first-order valence-electron chi connectivity index (χ1n) is 13.5. The average molecular weight is 595 g/mol. The Labute approximate surface area is 244 Å². The van der Waals surface area contributed by atoms with Gasteiger partial charge in [-0.25, -0.2) is 19.1 Å². The maximum absolute atomic E-state index is 12.7. The minimum Gasteiger partial charge on any atom is -0.404 e. The fraction of sp³-hybridized carbons (Fsp3) is 0.357. The van der Waals surface area contributed by atoms with Crippen molar-refractivity contribution in [1.82, 2.24) is 29.7 Å². The maximum Gasteiger partial charge on any atom is 0.405 e. The number of alkyl halides is 3. The van der Waals surface area contributed by atoms with Crippen LogP contribution in [-0.4, -0.2) is 87.1 Å². The van der Waals surface area contributed by atoms with Gasteiger partial charge in [-0.2, -0.15) is 23.5 Å². The number of hydrogen-bond acceptors (Lipinski definition) is 7. The van der Waals surface area contributed by atoms with Crippen LogP contribution in [0, 0.1) is 11.3 Å². The molecule has 0 bridgehead atoms. The van der Waals surface area contributed by atoms with E-state index in [1.54, 1.807) is 63.7 Å². The second kappa shape index (κ2) is 12.0. The third-order valence-corrected chi connectivity index (χ3v) is 7.24. The molecule has 224 valence electrons. The van der Waals surface area contributed by atoms with Crippen LogP contribution in [0.5, 0.6) is 0 Å². The van der Waals surface area contributed by atoms with Crippen LogP contribution in [0.1, 0.15) is 24.8 Å². The van der Waals surface area contributed by atoms with Crippen molar-refractivity contribution in [2.24, 2.45) is 10.7 Å². The highest BCUT2D eigenvalue weighted by Gasteiger charge is 2.46. The van der Waals surface area contributed by atoms with Gasteiger partial charge in [-0.05, 0) is 31.0 Å². The van der Waals surface area contributed by atoms with Gasteiger partial charge in [0.2, 0.25) is 0 Å². The minimum absolute atomic E-state index is 0.0216. The van der Waals surface area contributed by atoms with Gasteiger partial charge in [-0.1, -0.05) is 12.1 Å². The van der Waals surface area contributed by atoms with E-state index in [0.717, 1.165) is 25.9 Å². The van der Waals surface area contributed by atoms with E-state index < -0.39 is 24.3 Å². The first-order chi connectivity index (χ1) is 20.6. The molecule has 43 heavy (non-hydrogen) atoms. The molecular weight excluding hydrogens is 565 g/mol. The lowest BCUT2D eigenvalue weighted by atomic mass is 9.87. The number of carbonyl (C=O) groups excluding carboxylic acids is 2. The SMILES string of the molecule is N#CCC1(N=CC(=CN)c2cnn3c(-c4cccc(NC(=O)NCC(F)(F)F)c4)cnc3c2)CN(C(=O)N2CCCC2)C1. The van der Waals surface area contributed by atoms with Crippen molar-refractivity contribution in [2.75, 3.05) is 38.0 Å². The molecule has 0 spiro atoms. The molecule has 12 nitrogen and oxygen atoms in total. The van der Waals surface area contributed by atoms with Crippen molar-refractivity contribution in [3.63, 3.8) is 0 Å². The predicted molar refractivity (Wildman–Crippen MR) is 153 cm³/mol. The molecule has 0 saturated carbocycles. The number of nitrogens with zero attached hydrogens (tertiary/aromatic N) is 7. The van der Waals surface area contributed by atoms with E-state index in [9.17, 15) is 28.0 Å². The number of rotatable bonds is 7. The number of amides is 4. The molecule has 1 aromatic carbocycles. The first-order valence-corrected chi connectivity index (χ1v) is 13.5. The highest BCUT2D eigenvalue weighted by Crippen LogP contribution is 2.31. The highest BCUT2D eigenvalue weighted by molar-refractivity contribution is 6.10. The highest BCUT2D eigenvalue weighted by atomic mass is 19.4. The molecule has 3 aromatic rings. The van der Waals surface area contributed by atoms with Crippen molar-refractivity contribution in [2.45, 2.75) is 31.0 Å². The van der Waals surface area contributed by atoms with Crippen LogP contribution in [0.3, 0.4) is 0 Å². The molecule has 4 N–H and O–H groups in total. The number of anilines is 1. The van der Waals surface area contributed by atoms with Crippen molar-refractivity contribution < 1.29 is 22.8 Å². The summed E-state index contributed by atoms with van der Waals surface area (Å²) in [5.41, 5.74) is 8.37. The Hall–Kier alpha value is -5.13. The number of likely N-dealkylation sites (tertiary alicyclic amines) is 2. The van der Waals surface area contributed by atoms with E-state index in [2.05, 4.69) is 26.5 Å². The van der Waals surface area contributed by atoms with Crippen LogP contribution in [0.2, 0.25) is 0 Å². The van der Waals surface area contributed by atoms with Crippen LogP contribution >= 0.6 is 0 Å². The van der Waals surface area contributed by atoms with Crippen LogP contribution in [0.15, 0.2) is 53.9 Å². The molecule has 4 amide bonds. The van der Waals surface area contributed by atoms with E-state index >= 15 is 0 Å². The van der Waals surface area contributed by atoms with Gasteiger partial charge in [0.05, 0.1) is 43.7 Å². The molecule has 15 heteroatoms. The summed E-state index contributed by atoms with van der Waals surface area (Å²) in [7, 11) is 0. The molecule has 5 rings (SSSR count). The van der Waals surface area contributed by atoms with E-state index in [0.29, 0.717) is 41.1 Å². The number of carbonyl (C=O) groups is 2. The van der Waals surface area contributed by atoms with Gasteiger partial charge < -0.3 is 26.2 Å². The number of nitriles is 1. The Balaban J connectivity index is 1.29. The summed E-state index contributed by atoms with van der Waals surface area (Å²) in [6.45, 7) is 0.754. The number of imidazole rings is 1. The van der Waals surface area contributed by atoms with Gasteiger partial charge in [0.15, 0.2) is 5.65 Å². The van der Waals surface area contributed by atoms with E-state index in [1.165, 1.54) is 6.20 Å². The molecule has 0 atom stereocenters. The number of aliphatic imine (C=N–C) groups is 1. The second-order valence-electron chi connectivity index (χ2n) is 10.4. The first kappa shape index (κ1) is 29.4. The van der Waals surface area contributed by atoms with Crippen LogP contribution in [0.25, 0.3) is 22.5 Å². The van der Waals surface area contributed by atoms with Crippen molar-refractivity contribution in [1.29, 1.82) is 5.26 Å². The number of fused-ring (bicyclic) bond motifs is 1. The zero-order valence-electron chi connectivity index (χ0n) is 23.0. The van der Waals surface area contributed by atoms with Gasteiger partial charge in [-0.3, -0.25) is 4.99 Å². The van der Waals surface area contributed by atoms with Crippen molar-refractivity contribution in [3.05, 3.63) is 54.5 Å². The summed E-state index contributed by atoms with van der Waals surface area (Å²) in [5.74, 6) is 0. The molecule has 2 aliphatic heterocycles. The summed E-state index contributed by atoms with van der Waals surface area (Å²) < 4.78 is 38.7. The van der Waals surface area contributed by atoms with E-state index in [-0.39, 0.29) is 18.1 Å². The van der Waals surface area contributed by atoms with Crippen LogP contribution in [-0.2, 0) is 0 Å². The molecule has 2 aromatic heterocycles. The van der Waals surface area contributed by atoms with Crippen molar-refractivity contribution >= 4 is 35.2 Å². The molecule has 0 aliphatic carbocycles. The summed E-state index contributed by atoms with van der Waals surface area (Å²) in [5, 5.41) is 18.0. The molecule has 2 saturated heterocycles.